The van der Waals surface area contributed by atoms with Crippen LogP contribution in [-0.2, 0) is 19.1 Å². The Bertz CT molecular complexity index is 780. The van der Waals surface area contributed by atoms with E-state index in [1.807, 2.05) is 20.0 Å². The highest BCUT2D eigenvalue weighted by atomic mass is 127. The third kappa shape index (κ3) is 7.46. The van der Waals surface area contributed by atoms with Gasteiger partial charge in [0.2, 0.25) is 0 Å². The molecule has 0 unspecified atom stereocenters. The first-order valence-electron chi connectivity index (χ1n) is 8.51. The molecule has 0 radical (unpaired) electrons. The number of alkyl halides is 3. The predicted molar refractivity (Wildman–Crippen MR) is 117 cm³/mol. The highest BCUT2D eigenvalue weighted by Gasteiger charge is 2.33. The van der Waals surface area contributed by atoms with Crippen molar-refractivity contribution in [2.45, 2.75) is 33.0 Å². The van der Waals surface area contributed by atoms with Crippen molar-refractivity contribution in [1.82, 2.24) is 15.6 Å². The van der Waals surface area contributed by atoms with Crippen molar-refractivity contribution in [3.05, 3.63) is 45.4 Å². The van der Waals surface area contributed by atoms with Gasteiger partial charge < -0.3 is 15.4 Å². The summed E-state index contributed by atoms with van der Waals surface area (Å²) in [6.45, 7) is 5.00. The summed E-state index contributed by atoms with van der Waals surface area (Å²) in [6, 6.07) is 3.90. The van der Waals surface area contributed by atoms with E-state index in [2.05, 4.69) is 20.6 Å². The van der Waals surface area contributed by atoms with Gasteiger partial charge in [0.25, 0.3) is 0 Å². The molecule has 5 nitrogen and oxygen atoms in total. The summed E-state index contributed by atoms with van der Waals surface area (Å²) in [7, 11) is 1.34. The molecule has 0 saturated heterocycles. The van der Waals surface area contributed by atoms with Crippen molar-refractivity contribution in [1.29, 1.82) is 0 Å². The Morgan fingerprint density at radius 1 is 1.29 bits per heavy atom. The van der Waals surface area contributed by atoms with Gasteiger partial charge in [0.1, 0.15) is 5.75 Å². The Morgan fingerprint density at radius 2 is 2.04 bits per heavy atom. The molecule has 0 saturated carbocycles. The number of rotatable bonds is 7. The van der Waals surface area contributed by atoms with Gasteiger partial charge in [0.15, 0.2) is 5.96 Å². The summed E-state index contributed by atoms with van der Waals surface area (Å²) in [5.74, 6) is 0.633. The van der Waals surface area contributed by atoms with Crippen LogP contribution in [0.1, 0.15) is 27.9 Å². The smallest absolute Gasteiger partial charge is 0.416 e. The number of ether oxygens (including phenoxy) is 1. The molecule has 2 aromatic rings. The van der Waals surface area contributed by atoms with Gasteiger partial charge in [-0.15, -0.1) is 35.3 Å². The average Bonchev–Trinajstić information content (AvgIpc) is 3.04. The number of aromatic nitrogens is 1. The van der Waals surface area contributed by atoms with Gasteiger partial charge in [-0.1, -0.05) is 6.07 Å². The molecule has 10 heteroatoms. The molecule has 2 rings (SSSR count). The number of hydrogen-bond acceptors (Lipinski definition) is 4. The topological polar surface area (TPSA) is 58.5 Å². The van der Waals surface area contributed by atoms with E-state index in [1.165, 1.54) is 19.2 Å². The summed E-state index contributed by atoms with van der Waals surface area (Å²) in [5.41, 5.74) is -0.643. The maximum absolute atomic E-state index is 13.3. The molecular formula is C18H24F3IN4OS. The number of benzene rings is 1. The molecule has 0 atom stereocenters. The SMILES string of the molecule is CCNC(=NCc1ccc(OC)cc1C(F)(F)F)NCCc1ncc(C)s1.I. The van der Waals surface area contributed by atoms with Crippen LogP contribution in [0.4, 0.5) is 13.2 Å². The van der Waals surface area contributed by atoms with Gasteiger partial charge in [-0.05, 0) is 31.5 Å². The largest absolute Gasteiger partial charge is 0.497 e. The van der Waals surface area contributed by atoms with Crippen LogP contribution >= 0.6 is 35.3 Å². The summed E-state index contributed by atoms with van der Waals surface area (Å²) in [6.07, 6.45) is -1.92. The molecule has 0 aliphatic carbocycles. The lowest BCUT2D eigenvalue weighted by Gasteiger charge is -2.14. The maximum atomic E-state index is 13.3. The minimum atomic E-state index is -4.46. The molecule has 1 heterocycles. The zero-order chi connectivity index (χ0) is 19.9. The molecule has 156 valence electrons. The summed E-state index contributed by atoms with van der Waals surface area (Å²) in [4.78, 5) is 9.72. The Kier molecular flexibility index (Phi) is 10.0. The van der Waals surface area contributed by atoms with Crippen molar-refractivity contribution in [2.75, 3.05) is 20.2 Å². The van der Waals surface area contributed by atoms with E-state index >= 15 is 0 Å². The monoisotopic (exact) mass is 528 g/mol. The normalized spacial score (nSPS) is 11.7. The van der Waals surface area contributed by atoms with Crippen molar-refractivity contribution >= 4 is 41.3 Å². The van der Waals surface area contributed by atoms with Crippen LogP contribution in [0.2, 0.25) is 0 Å². The predicted octanol–water partition coefficient (Wildman–Crippen LogP) is 4.39. The lowest BCUT2D eigenvalue weighted by Crippen LogP contribution is -2.38. The van der Waals surface area contributed by atoms with Gasteiger partial charge in [-0.3, -0.25) is 0 Å². The van der Waals surface area contributed by atoms with Gasteiger partial charge in [0, 0.05) is 30.6 Å². The molecule has 2 N–H and O–H groups in total. The van der Waals surface area contributed by atoms with E-state index in [0.29, 0.717) is 19.0 Å². The summed E-state index contributed by atoms with van der Waals surface area (Å²) >= 11 is 1.62. The second-order valence-electron chi connectivity index (χ2n) is 5.76. The van der Waals surface area contributed by atoms with Gasteiger partial charge in [0.05, 0.1) is 24.2 Å². The van der Waals surface area contributed by atoms with Crippen LogP contribution in [0.15, 0.2) is 29.4 Å². The Hall–Kier alpha value is -1.56. The molecule has 0 aliphatic heterocycles. The standard InChI is InChI=1S/C18H23F3N4OS.HI/c1-4-22-17(23-8-7-16-24-10-12(2)27-16)25-11-13-5-6-14(26-3)9-15(13)18(19,20)21;/h5-6,9-10H,4,7-8,11H2,1-3H3,(H2,22,23,25);1H. The first-order valence-corrected chi connectivity index (χ1v) is 9.32. The fourth-order valence-corrected chi connectivity index (χ4v) is 3.18. The van der Waals surface area contributed by atoms with E-state index in [9.17, 15) is 13.2 Å². The van der Waals surface area contributed by atoms with Crippen molar-refractivity contribution < 1.29 is 17.9 Å². The maximum Gasteiger partial charge on any atom is 0.416 e. The number of methoxy groups -OCH3 is 1. The Balaban J connectivity index is 0.00000392. The first kappa shape index (κ1) is 24.5. The van der Waals surface area contributed by atoms with E-state index in [1.54, 1.807) is 11.3 Å². The van der Waals surface area contributed by atoms with Gasteiger partial charge >= 0.3 is 6.18 Å². The fourth-order valence-electron chi connectivity index (χ4n) is 2.40. The highest BCUT2D eigenvalue weighted by molar-refractivity contribution is 14.0. The Morgan fingerprint density at radius 3 is 2.61 bits per heavy atom. The molecule has 0 aliphatic rings. The van der Waals surface area contributed by atoms with E-state index < -0.39 is 11.7 Å². The van der Waals surface area contributed by atoms with E-state index in [0.717, 1.165) is 22.4 Å². The van der Waals surface area contributed by atoms with Crippen molar-refractivity contribution in [3.63, 3.8) is 0 Å². The van der Waals surface area contributed by atoms with E-state index in [4.69, 9.17) is 4.74 Å². The third-order valence-electron chi connectivity index (χ3n) is 3.67. The molecule has 0 amide bonds. The van der Waals surface area contributed by atoms with E-state index in [-0.39, 0.29) is 41.8 Å². The molecule has 28 heavy (non-hydrogen) atoms. The minimum Gasteiger partial charge on any atom is -0.497 e. The van der Waals surface area contributed by atoms with Crippen molar-refractivity contribution in [2.24, 2.45) is 4.99 Å². The zero-order valence-electron chi connectivity index (χ0n) is 15.9. The third-order valence-corrected chi connectivity index (χ3v) is 4.65. The number of aliphatic imine (C=N–C) groups is 1. The minimum absolute atomic E-state index is 0. The lowest BCUT2D eigenvalue weighted by molar-refractivity contribution is -0.138. The molecule has 0 bridgehead atoms. The number of nitrogens with one attached hydrogen (secondary N) is 2. The van der Waals surface area contributed by atoms with Crippen LogP contribution in [0.5, 0.6) is 5.75 Å². The Labute approximate surface area is 183 Å². The number of nitrogens with zero attached hydrogens (tertiary/aromatic N) is 2. The van der Waals surface area contributed by atoms with Crippen LogP contribution in [-0.4, -0.2) is 31.1 Å². The molecule has 0 fully saturated rings. The number of halogens is 4. The van der Waals surface area contributed by atoms with Crippen LogP contribution in [0.25, 0.3) is 0 Å². The summed E-state index contributed by atoms with van der Waals surface area (Å²) in [5, 5.41) is 7.18. The second kappa shape index (κ2) is 11.4. The highest BCUT2D eigenvalue weighted by Crippen LogP contribution is 2.34. The molecule has 1 aromatic carbocycles. The molecular weight excluding hydrogens is 504 g/mol. The number of hydrogen-bond donors (Lipinski definition) is 2. The summed E-state index contributed by atoms with van der Waals surface area (Å²) < 4.78 is 44.8. The molecule has 0 spiro atoms. The second-order valence-corrected chi connectivity index (χ2v) is 7.08. The zero-order valence-corrected chi connectivity index (χ0v) is 19.0. The number of thiazole rings is 1. The van der Waals surface area contributed by atoms with Crippen LogP contribution in [0.3, 0.4) is 0 Å². The lowest BCUT2D eigenvalue weighted by atomic mass is 10.1. The first-order chi connectivity index (χ1) is 12.8. The molecule has 1 aromatic heterocycles. The number of aryl methyl sites for hydroxylation is 1. The number of guanidine groups is 1. The average molecular weight is 528 g/mol. The quantitative estimate of drug-likeness (QED) is 0.318. The van der Waals surface area contributed by atoms with Crippen molar-refractivity contribution in [3.8, 4) is 5.75 Å². The van der Waals surface area contributed by atoms with Crippen LogP contribution in [0, 0.1) is 6.92 Å². The van der Waals surface area contributed by atoms with Gasteiger partial charge in [-0.25, -0.2) is 9.98 Å². The fraction of sp³-hybridized carbons (Fsp3) is 0.444. The van der Waals surface area contributed by atoms with Crippen LogP contribution < -0.4 is 15.4 Å². The van der Waals surface area contributed by atoms with Gasteiger partial charge in [-0.2, -0.15) is 13.2 Å².